The second kappa shape index (κ2) is 8.85. The molecule has 2 aromatic rings. The zero-order valence-electron chi connectivity index (χ0n) is 17.7. The normalized spacial score (nSPS) is 14.4. The fourth-order valence-corrected chi connectivity index (χ4v) is 3.27. The van der Waals surface area contributed by atoms with Gasteiger partial charge in [0.05, 0.1) is 30.3 Å². The summed E-state index contributed by atoms with van der Waals surface area (Å²) in [5.74, 6) is -1.37. The van der Waals surface area contributed by atoms with Gasteiger partial charge in [-0.25, -0.2) is 9.18 Å². The number of ether oxygens (including phenoxy) is 1. The zero-order valence-corrected chi connectivity index (χ0v) is 17.7. The Morgan fingerprint density at radius 2 is 1.61 bits per heavy atom. The molecule has 0 spiro atoms. The molecule has 8 heteroatoms. The summed E-state index contributed by atoms with van der Waals surface area (Å²) in [6.07, 6.45) is -1.87. The molecule has 1 N–H and O–H groups in total. The van der Waals surface area contributed by atoms with Gasteiger partial charge in [-0.15, -0.1) is 0 Å². The highest BCUT2D eigenvalue weighted by molar-refractivity contribution is 6.21. The van der Waals surface area contributed by atoms with Crippen LogP contribution in [-0.4, -0.2) is 57.6 Å². The highest BCUT2D eigenvalue weighted by atomic mass is 19.1. The molecule has 0 aliphatic carbocycles. The highest BCUT2D eigenvalue weighted by Crippen LogP contribution is 2.23. The van der Waals surface area contributed by atoms with Crippen molar-refractivity contribution in [2.45, 2.75) is 39.0 Å². The number of aliphatic hydroxyl groups is 1. The number of hydrogen-bond donors (Lipinski definition) is 1. The summed E-state index contributed by atoms with van der Waals surface area (Å²) in [7, 11) is 0. The third kappa shape index (κ3) is 5.46. The van der Waals surface area contributed by atoms with Crippen LogP contribution in [0.2, 0.25) is 0 Å². The molecule has 0 fully saturated rings. The number of carbonyl (C=O) groups is 3. The van der Waals surface area contributed by atoms with E-state index in [1.807, 2.05) is 0 Å². The van der Waals surface area contributed by atoms with Gasteiger partial charge in [-0.05, 0) is 50.6 Å². The Morgan fingerprint density at radius 3 is 2.13 bits per heavy atom. The topological polar surface area (TPSA) is 87.2 Å². The van der Waals surface area contributed by atoms with E-state index in [9.17, 15) is 23.9 Å². The summed E-state index contributed by atoms with van der Waals surface area (Å²) >= 11 is 0. The first kappa shape index (κ1) is 22.4. The maximum absolute atomic E-state index is 13.2. The second-order valence-electron chi connectivity index (χ2n) is 8.41. The minimum Gasteiger partial charge on any atom is -0.444 e. The molecule has 0 saturated carbocycles. The predicted molar refractivity (Wildman–Crippen MR) is 111 cm³/mol. The van der Waals surface area contributed by atoms with Crippen LogP contribution in [-0.2, 0) is 11.3 Å². The Hall–Kier alpha value is -3.26. The average Bonchev–Trinajstić information content (AvgIpc) is 2.93. The summed E-state index contributed by atoms with van der Waals surface area (Å²) in [6.45, 7) is 4.77. The molecule has 2 aromatic carbocycles. The lowest BCUT2D eigenvalue weighted by molar-refractivity contribution is 0.00949. The van der Waals surface area contributed by atoms with Crippen molar-refractivity contribution in [1.82, 2.24) is 9.80 Å². The lowest BCUT2D eigenvalue weighted by atomic mass is 10.1. The standard InChI is InChI=1S/C23H25FN2O5/c1-23(2,3)31-22(30)25(12-15-8-10-16(24)11-9-15)13-17(27)14-26-20(28)18-6-4-5-7-19(18)21(26)29/h4-11,17,27H,12-14H2,1-3H3. The number of fused-ring (bicyclic) bond motifs is 1. The van der Waals surface area contributed by atoms with Crippen LogP contribution in [0, 0.1) is 5.82 Å². The Morgan fingerprint density at radius 1 is 1.06 bits per heavy atom. The van der Waals surface area contributed by atoms with E-state index in [0.717, 1.165) is 4.90 Å². The van der Waals surface area contributed by atoms with Crippen molar-refractivity contribution in [3.05, 3.63) is 71.0 Å². The van der Waals surface area contributed by atoms with Crippen molar-refractivity contribution in [2.24, 2.45) is 0 Å². The molecule has 0 saturated heterocycles. The maximum Gasteiger partial charge on any atom is 0.410 e. The van der Waals surface area contributed by atoms with Crippen molar-refractivity contribution >= 4 is 17.9 Å². The first-order valence-electron chi connectivity index (χ1n) is 9.91. The van der Waals surface area contributed by atoms with Crippen LogP contribution in [0.4, 0.5) is 9.18 Å². The van der Waals surface area contributed by atoms with E-state index >= 15 is 0 Å². The molecule has 3 rings (SSSR count). The number of amides is 3. The van der Waals surface area contributed by atoms with Crippen molar-refractivity contribution in [3.63, 3.8) is 0 Å². The van der Waals surface area contributed by atoms with E-state index in [1.165, 1.54) is 29.2 Å². The smallest absolute Gasteiger partial charge is 0.410 e. The van der Waals surface area contributed by atoms with E-state index < -0.39 is 35.4 Å². The van der Waals surface area contributed by atoms with Crippen molar-refractivity contribution in [1.29, 1.82) is 0 Å². The van der Waals surface area contributed by atoms with E-state index in [-0.39, 0.29) is 30.8 Å². The Kier molecular flexibility index (Phi) is 6.40. The largest absolute Gasteiger partial charge is 0.444 e. The molecule has 1 atom stereocenters. The van der Waals surface area contributed by atoms with Gasteiger partial charge >= 0.3 is 6.09 Å². The van der Waals surface area contributed by atoms with E-state index in [2.05, 4.69) is 0 Å². The Labute approximate surface area is 180 Å². The Bertz CT molecular complexity index is 949. The Balaban J connectivity index is 1.72. The molecule has 1 aliphatic heterocycles. The first-order valence-corrected chi connectivity index (χ1v) is 9.91. The monoisotopic (exact) mass is 428 g/mol. The number of nitrogens with zero attached hydrogens (tertiary/aromatic N) is 2. The van der Waals surface area contributed by atoms with Crippen molar-refractivity contribution in [2.75, 3.05) is 13.1 Å². The molecular weight excluding hydrogens is 403 g/mol. The predicted octanol–water partition coefficient (Wildman–Crippen LogP) is 3.22. The van der Waals surface area contributed by atoms with Gasteiger partial charge in [0.15, 0.2) is 0 Å². The summed E-state index contributed by atoms with van der Waals surface area (Å²) < 4.78 is 18.6. The quantitative estimate of drug-likeness (QED) is 0.714. The second-order valence-corrected chi connectivity index (χ2v) is 8.41. The van der Waals surface area contributed by atoms with Gasteiger partial charge in [0, 0.05) is 6.54 Å². The third-order valence-corrected chi connectivity index (χ3v) is 4.64. The lowest BCUT2D eigenvalue weighted by Gasteiger charge is -2.30. The van der Waals surface area contributed by atoms with Gasteiger partial charge in [0.1, 0.15) is 11.4 Å². The van der Waals surface area contributed by atoms with E-state index in [0.29, 0.717) is 5.56 Å². The van der Waals surface area contributed by atoms with Crippen LogP contribution in [0.5, 0.6) is 0 Å². The van der Waals surface area contributed by atoms with Crippen LogP contribution < -0.4 is 0 Å². The van der Waals surface area contributed by atoms with Gasteiger partial charge in [-0.1, -0.05) is 24.3 Å². The highest BCUT2D eigenvalue weighted by Gasteiger charge is 2.36. The van der Waals surface area contributed by atoms with Gasteiger partial charge in [-0.3, -0.25) is 14.5 Å². The number of hydrogen-bond acceptors (Lipinski definition) is 5. The van der Waals surface area contributed by atoms with Crippen molar-refractivity contribution < 1.29 is 28.6 Å². The number of halogens is 1. The van der Waals surface area contributed by atoms with Crippen molar-refractivity contribution in [3.8, 4) is 0 Å². The zero-order chi connectivity index (χ0) is 22.8. The molecule has 1 heterocycles. The van der Waals surface area contributed by atoms with E-state index in [1.54, 1.807) is 45.0 Å². The first-order chi connectivity index (χ1) is 14.5. The van der Waals surface area contributed by atoms with E-state index in [4.69, 9.17) is 4.74 Å². The molecule has 0 bridgehead atoms. The molecule has 164 valence electrons. The summed E-state index contributed by atoms with van der Waals surface area (Å²) in [4.78, 5) is 40.0. The maximum atomic E-state index is 13.2. The minimum absolute atomic E-state index is 0.0639. The number of benzene rings is 2. The molecule has 3 amide bonds. The molecule has 1 unspecified atom stereocenters. The van der Waals surface area contributed by atoms with Gasteiger partial charge in [0.2, 0.25) is 0 Å². The lowest BCUT2D eigenvalue weighted by Crippen LogP contribution is -2.45. The van der Waals surface area contributed by atoms with Gasteiger partial charge in [0.25, 0.3) is 11.8 Å². The molecule has 1 aliphatic rings. The van der Waals surface area contributed by atoms with Crippen LogP contribution in [0.3, 0.4) is 0 Å². The minimum atomic E-state index is -1.20. The number of rotatable bonds is 6. The SMILES string of the molecule is CC(C)(C)OC(=O)N(Cc1ccc(F)cc1)CC(O)CN1C(=O)c2ccccc2C1=O. The summed E-state index contributed by atoms with van der Waals surface area (Å²) in [6, 6.07) is 12.1. The fourth-order valence-electron chi connectivity index (χ4n) is 3.27. The summed E-state index contributed by atoms with van der Waals surface area (Å²) in [5, 5.41) is 10.6. The average molecular weight is 428 g/mol. The number of carbonyl (C=O) groups excluding carboxylic acids is 3. The molecule has 31 heavy (non-hydrogen) atoms. The fraction of sp³-hybridized carbons (Fsp3) is 0.348. The van der Waals surface area contributed by atoms with Gasteiger partial charge < -0.3 is 14.7 Å². The number of aliphatic hydroxyl groups excluding tert-OH is 1. The van der Waals surface area contributed by atoms with Crippen LogP contribution >= 0.6 is 0 Å². The number of β-amino-alcohol motifs (C(OH)–C–C–N with tert-alkyl or cyclic N) is 1. The third-order valence-electron chi connectivity index (χ3n) is 4.64. The van der Waals surface area contributed by atoms with Crippen LogP contribution in [0.1, 0.15) is 47.1 Å². The summed E-state index contributed by atoms with van der Waals surface area (Å²) in [5.41, 5.74) is 0.455. The van der Waals surface area contributed by atoms with Crippen LogP contribution in [0.15, 0.2) is 48.5 Å². The molecular formula is C23H25FN2O5. The van der Waals surface area contributed by atoms with Gasteiger partial charge in [-0.2, -0.15) is 0 Å². The number of imide groups is 1. The molecule has 0 radical (unpaired) electrons. The molecule has 7 nitrogen and oxygen atoms in total. The van der Waals surface area contributed by atoms with Crippen LogP contribution in [0.25, 0.3) is 0 Å². The molecule has 0 aromatic heterocycles.